The summed E-state index contributed by atoms with van der Waals surface area (Å²) >= 11 is 1.38. The molecule has 2 aliphatic rings. The maximum Gasteiger partial charge on any atom is 0.245 e. The number of carbonyl (C=O) groups excluding carboxylic acids is 3. The number of carbonyl (C=O) groups is 3. The van der Waals surface area contributed by atoms with Crippen LogP contribution in [0.3, 0.4) is 0 Å². The van der Waals surface area contributed by atoms with Crippen molar-refractivity contribution in [3.05, 3.63) is 47.0 Å². The Balaban J connectivity index is 1.41. The predicted octanol–water partition coefficient (Wildman–Crippen LogP) is 2.16. The lowest BCUT2D eigenvalue weighted by Gasteiger charge is -2.24. The smallest absolute Gasteiger partial charge is 0.245 e. The first-order chi connectivity index (χ1) is 14.6. The molecule has 4 rings (SSSR count). The number of thiazole rings is 1. The fraction of sp³-hybridized carbons (Fsp3) is 0.455. The zero-order chi connectivity index (χ0) is 20.9. The van der Waals surface area contributed by atoms with Crippen molar-refractivity contribution in [2.75, 3.05) is 24.5 Å². The van der Waals surface area contributed by atoms with E-state index in [0.29, 0.717) is 30.2 Å². The van der Waals surface area contributed by atoms with E-state index in [1.165, 1.54) is 11.3 Å². The van der Waals surface area contributed by atoms with Gasteiger partial charge in [0.05, 0.1) is 12.1 Å². The summed E-state index contributed by atoms with van der Waals surface area (Å²) in [5.74, 6) is -0.168. The van der Waals surface area contributed by atoms with E-state index in [1.807, 2.05) is 40.6 Å². The number of amides is 3. The molecule has 0 spiro atoms. The molecule has 0 bridgehead atoms. The standard InChI is InChI=1S/C22H26N4O3S/c27-19(14-17-15-30-22(23-17)26-12-6-9-20(26)28)24-18(13-16-7-2-1-3-8-16)21(29)25-10-4-5-11-25/h1-3,7-8,15,18H,4-6,9-14H2,(H,24,27). The highest BCUT2D eigenvalue weighted by Crippen LogP contribution is 2.25. The van der Waals surface area contributed by atoms with Gasteiger partial charge in [-0.3, -0.25) is 19.3 Å². The molecule has 7 nitrogen and oxygen atoms in total. The molecule has 30 heavy (non-hydrogen) atoms. The lowest BCUT2D eigenvalue weighted by atomic mass is 10.0. The van der Waals surface area contributed by atoms with Crippen molar-refractivity contribution in [1.82, 2.24) is 15.2 Å². The Bertz CT molecular complexity index is 908. The summed E-state index contributed by atoms with van der Waals surface area (Å²) in [5.41, 5.74) is 1.64. The zero-order valence-corrected chi connectivity index (χ0v) is 17.7. The van der Waals surface area contributed by atoms with Crippen molar-refractivity contribution < 1.29 is 14.4 Å². The lowest BCUT2D eigenvalue weighted by molar-refractivity contribution is -0.135. The third kappa shape index (κ3) is 4.87. The van der Waals surface area contributed by atoms with Gasteiger partial charge in [0.1, 0.15) is 6.04 Å². The molecular formula is C22H26N4O3S. The topological polar surface area (TPSA) is 82.6 Å². The van der Waals surface area contributed by atoms with Gasteiger partial charge < -0.3 is 10.2 Å². The molecule has 8 heteroatoms. The van der Waals surface area contributed by atoms with E-state index < -0.39 is 6.04 Å². The average molecular weight is 427 g/mol. The van der Waals surface area contributed by atoms with Crippen LogP contribution in [0.1, 0.15) is 36.9 Å². The number of benzene rings is 1. The molecule has 0 aliphatic carbocycles. The van der Waals surface area contributed by atoms with E-state index in [4.69, 9.17) is 0 Å². The van der Waals surface area contributed by atoms with E-state index >= 15 is 0 Å². The van der Waals surface area contributed by atoms with Crippen LogP contribution in [0.4, 0.5) is 5.13 Å². The Morgan fingerprint density at radius 3 is 2.57 bits per heavy atom. The van der Waals surface area contributed by atoms with Crippen molar-refractivity contribution in [1.29, 1.82) is 0 Å². The Morgan fingerprint density at radius 2 is 1.87 bits per heavy atom. The molecule has 0 radical (unpaired) electrons. The van der Waals surface area contributed by atoms with Gasteiger partial charge in [-0.1, -0.05) is 30.3 Å². The molecule has 0 saturated carbocycles. The molecule has 2 saturated heterocycles. The summed E-state index contributed by atoms with van der Waals surface area (Å²) < 4.78 is 0. The van der Waals surface area contributed by atoms with Crippen LogP contribution in [0.25, 0.3) is 0 Å². The van der Waals surface area contributed by atoms with Crippen LogP contribution in [0.15, 0.2) is 35.7 Å². The highest BCUT2D eigenvalue weighted by molar-refractivity contribution is 7.14. The largest absolute Gasteiger partial charge is 0.344 e. The van der Waals surface area contributed by atoms with Crippen LogP contribution in [-0.4, -0.2) is 53.3 Å². The van der Waals surface area contributed by atoms with Crippen LogP contribution < -0.4 is 10.2 Å². The average Bonchev–Trinajstić information content (AvgIpc) is 3.49. The molecule has 2 fully saturated rings. The van der Waals surface area contributed by atoms with Gasteiger partial charge in [0.15, 0.2) is 5.13 Å². The molecule has 1 aromatic heterocycles. The van der Waals surface area contributed by atoms with Gasteiger partial charge in [-0.15, -0.1) is 11.3 Å². The first kappa shape index (κ1) is 20.5. The molecule has 1 aromatic carbocycles. The minimum absolute atomic E-state index is 0.0219. The highest BCUT2D eigenvalue weighted by atomic mass is 32.1. The van der Waals surface area contributed by atoms with E-state index in [-0.39, 0.29) is 24.1 Å². The van der Waals surface area contributed by atoms with E-state index in [0.717, 1.165) is 37.9 Å². The van der Waals surface area contributed by atoms with Crippen molar-refractivity contribution in [2.45, 2.75) is 44.6 Å². The molecule has 2 aromatic rings. The van der Waals surface area contributed by atoms with Crippen LogP contribution in [-0.2, 0) is 27.2 Å². The van der Waals surface area contributed by atoms with Gasteiger partial charge in [-0.05, 0) is 24.8 Å². The number of rotatable bonds is 7. The van der Waals surface area contributed by atoms with Crippen molar-refractivity contribution >= 4 is 34.2 Å². The minimum Gasteiger partial charge on any atom is -0.344 e. The van der Waals surface area contributed by atoms with Gasteiger partial charge in [0.2, 0.25) is 17.7 Å². The summed E-state index contributed by atoms with van der Waals surface area (Å²) in [6, 6.07) is 9.16. The maximum absolute atomic E-state index is 13.0. The third-order valence-electron chi connectivity index (χ3n) is 5.52. The summed E-state index contributed by atoms with van der Waals surface area (Å²) in [4.78, 5) is 45.6. The molecule has 1 unspecified atom stereocenters. The van der Waals surface area contributed by atoms with Crippen LogP contribution >= 0.6 is 11.3 Å². The molecule has 3 heterocycles. The highest BCUT2D eigenvalue weighted by Gasteiger charge is 2.29. The first-order valence-corrected chi connectivity index (χ1v) is 11.3. The number of likely N-dealkylation sites (tertiary alicyclic amines) is 1. The summed E-state index contributed by atoms with van der Waals surface area (Å²) in [5, 5.41) is 5.39. The monoisotopic (exact) mass is 426 g/mol. The minimum atomic E-state index is -0.587. The normalized spacial score (nSPS) is 17.4. The number of nitrogens with zero attached hydrogens (tertiary/aromatic N) is 3. The first-order valence-electron chi connectivity index (χ1n) is 10.5. The molecule has 158 valence electrons. The maximum atomic E-state index is 13.0. The molecule has 3 amide bonds. The van der Waals surface area contributed by atoms with Crippen molar-refractivity contribution in [3.8, 4) is 0 Å². The molecule has 2 aliphatic heterocycles. The molecule has 1 N–H and O–H groups in total. The number of hydrogen-bond acceptors (Lipinski definition) is 5. The van der Waals surface area contributed by atoms with Crippen molar-refractivity contribution in [2.24, 2.45) is 0 Å². The Labute approximate surface area is 180 Å². The van der Waals surface area contributed by atoms with Gasteiger partial charge in [-0.25, -0.2) is 4.98 Å². The quantitative estimate of drug-likeness (QED) is 0.736. The summed E-state index contributed by atoms with van der Waals surface area (Å²) in [6.07, 6.45) is 3.97. The zero-order valence-electron chi connectivity index (χ0n) is 16.9. The second-order valence-corrected chi connectivity index (χ2v) is 8.63. The molecular weight excluding hydrogens is 400 g/mol. The van der Waals surface area contributed by atoms with Crippen LogP contribution in [0.2, 0.25) is 0 Å². The van der Waals surface area contributed by atoms with E-state index in [9.17, 15) is 14.4 Å². The predicted molar refractivity (Wildman–Crippen MR) is 115 cm³/mol. The second kappa shape index (κ2) is 9.38. The fourth-order valence-electron chi connectivity index (χ4n) is 3.97. The number of nitrogens with one attached hydrogen (secondary N) is 1. The van der Waals surface area contributed by atoms with Gasteiger partial charge >= 0.3 is 0 Å². The second-order valence-electron chi connectivity index (χ2n) is 7.79. The van der Waals surface area contributed by atoms with Gasteiger partial charge in [0.25, 0.3) is 0 Å². The number of aromatic nitrogens is 1. The Morgan fingerprint density at radius 1 is 1.10 bits per heavy atom. The summed E-state index contributed by atoms with van der Waals surface area (Å²) in [7, 11) is 0. The summed E-state index contributed by atoms with van der Waals surface area (Å²) in [6.45, 7) is 2.18. The Hall–Kier alpha value is -2.74. The van der Waals surface area contributed by atoms with Gasteiger partial charge in [0, 0.05) is 37.9 Å². The fourth-order valence-corrected chi connectivity index (χ4v) is 4.84. The Kier molecular flexibility index (Phi) is 6.42. The van der Waals surface area contributed by atoms with Gasteiger partial charge in [-0.2, -0.15) is 0 Å². The SMILES string of the molecule is O=C(Cc1csc(N2CCCC2=O)n1)NC(Cc1ccccc1)C(=O)N1CCCC1. The molecule has 1 atom stereocenters. The van der Waals surface area contributed by atoms with Crippen molar-refractivity contribution in [3.63, 3.8) is 0 Å². The van der Waals surface area contributed by atoms with E-state index in [1.54, 1.807) is 4.90 Å². The van der Waals surface area contributed by atoms with Crippen LogP contribution in [0, 0.1) is 0 Å². The lowest BCUT2D eigenvalue weighted by Crippen LogP contribution is -2.49. The number of hydrogen-bond donors (Lipinski definition) is 1. The van der Waals surface area contributed by atoms with Crippen LogP contribution in [0.5, 0.6) is 0 Å². The third-order valence-corrected chi connectivity index (χ3v) is 6.43. The number of anilines is 1. The van der Waals surface area contributed by atoms with E-state index in [2.05, 4.69) is 10.3 Å².